The number of ether oxygens (including phenoxy) is 2. The topological polar surface area (TPSA) is 55.8 Å². The predicted molar refractivity (Wildman–Crippen MR) is 68.3 cm³/mol. The molecule has 0 radical (unpaired) electrons. The minimum absolute atomic E-state index is 0.00462. The number of hydrogen-bond donors (Lipinski definition) is 1. The molecule has 1 fully saturated rings. The molecule has 0 bridgehead atoms. The van der Waals surface area contributed by atoms with Crippen LogP contribution in [-0.2, 0) is 9.53 Å². The first-order valence-electron chi connectivity index (χ1n) is 6.65. The molecule has 0 saturated heterocycles. The number of aliphatic hydroxyl groups excluding tert-OH is 1. The third-order valence-electron chi connectivity index (χ3n) is 3.75. The molecule has 4 nitrogen and oxygen atoms in total. The molecule has 3 rings (SSSR count). The summed E-state index contributed by atoms with van der Waals surface area (Å²) in [6.07, 6.45) is 2.07. The Morgan fingerprint density at radius 3 is 2.90 bits per heavy atom. The van der Waals surface area contributed by atoms with Gasteiger partial charge in [0, 0.05) is 6.42 Å². The van der Waals surface area contributed by atoms with Gasteiger partial charge in [0.1, 0.15) is 12.4 Å². The van der Waals surface area contributed by atoms with Gasteiger partial charge in [-0.25, -0.2) is 4.39 Å². The van der Waals surface area contributed by atoms with E-state index in [4.69, 9.17) is 9.47 Å². The van der Waals surface area contributed by atoms with E-state index in [1.165, 1.54) is 18.4 Å². The van der Waals surface area contributed by atoms with Crippen molar-refractivity contribution in [3.05, 3.63) is 42.1 Å². The molecule has 3 atom stereocenters. The summed E-state index contributed by atoms with van der Waals surface area (Å²) < 4.78 is 24.3. The van der Waals surface area contributed by atoms with Crippen LogP contribution in [0.2, 0.25) is 0 Å². The Morgan fingerprint density at radius 2 is 2.10 bits per heavy atom. The van der Waals surface area contributed by atoms with Gasteiger partial charge in [0.2, 0.25) is 11.5 Å². The molecule has 1 aliphatic carbocycles. The van der Waals surface area contributed by atoms with Gasteiger partial charge in [-0.05, 0) is 25.0 Å². The third-order valence-corrected chi connectivity index (χ3v) is 3.75. The van der Waals surface area contributed by atoms with Gasteiger partial charge in [0.15, 0.2) is 11.6 Å². The van der Waals surface area contributed by atoms with Crippen molar-refractivity contribution in [1.29, 1.82) is 0 Å². The summed E-state index contributed by atoms with van der Waals surface area (Å²) in [7, 11) is 0. The van der Waals surface area contributed by atoms with Crippen LogP contribution in [0, 0.1) is 11.7 Å². The van der Waals surface area contributed by atoms with E-state index in [0.29, 0.717) is 19.3 Å². The number of hydrogen-bond acceptors (Lipinski definition) is 4. The van der Waals surface area contributed by atoms with Crippen LogP contribution in [0.15, 0.2) is 36.3 Å². The number of aliphatic hydroxyl groups is 1. The molecule has 20 heavy (non-hydrogen) atoms. The highest BCUT2D eigenvalue weighted by Gasteiger charge is 2.40. The lowest BCUT2D eigenvalue weighted by atomic mass is 9.80. The largest absolute Gasteiger partial charge is 0.493 e. The highest BCUT2D eigenvalue weighted by Crippen LogP contribution is 2.34. The number of Topliss-reactive ketones (excluding diaryl/α,β-unsaturated/α-hetero) is 1. The maximum Gasteiger partial charge on any atom is 0.208 e. The van der Waals surface area contributed by atoms with Gasteiger partial charge in [0.25, 0.3) is 0 Å². The Labute approximate surface area is 115 Å². The number of benzene rings is 1. The maximum absolute atomic E-state index is 13.5. The van der Waals surface area contributed by atoms with Crippen LogP contribution < -0.4 is 4.74 Å². The summed E-state index contributed by atoms with van der Waals surface area (Å²) in [6, 6.07) is 5.91. The molecule has 0 spiro atoms. The number of allylic oxidation sites excluding steroid dienone is 1. The second-order valence-corrected chi connectivity index (χ2v) is 5.13. The van der Waals surface area contributed by atoms with Crippen molar-refractivity contribution < 1.29 is 23.8 Å². The summed E-state index contributed by atoms with van der Waals surface area (Å²) in [5.41, 5.74) is 0. The van der Waals surface area contributed by atoms with Crippen molar-refractivity contribution >= 4 is 5.78 Å². The maximum atomic E-state index is 13.5. The van der Waals surface area contributed by atoms with Crippen molar-refractivity contribution in [2.24, 2.45) is 5.92 Å². The number of carbonyl (C=O) groups is 1. The van der Waals surface area contributed by atoms with E-state index >= 15 is 0 Å². The van der Waals surface area contributed by atoms with Gasteiger partial charge in [0.05, 0.1) is 12.0 Å². The molecule has 1 heterocycles. The van der Waals surface area contributed by atoms with Gasteiger partial charge in [-0.1, -0.05) is 12.1 Å². The molecule has 3 unspecified atom stereocenters. The Bertz CT molecular complexity index is 555. The fraction of sp³-hybridized carbons (Fsp3) is 0.400. The molecule has 106 valence electrons. The third kappa shape index (κ3) is 2.41. The molecule has 2 aliphatic rings. The van der Waals surface area contributed by atoms with Crippen molar-refractivity contribution in [3.8, 4) is 5.75 Å². The van der Waals surface area contributed by atoms with Crippen molar-refractivity contribution in [1.82, 2.24) is 0 Å². The van der Waals surface area contributed by atoms with E-state index in [-0.39, 0.29) is 29.3 Å². The van der Waals surface area contributed by atoms with Gasteiger partial charge >= 0.3 is 0 Å². The molecular weight excluding hydrogens is 263 g/mol. The molecule has 1 aromatic rings. The predicted octanol–water partition coefficient (Wildman–Crippen LogP) is 2.17. The van der Waals surface area contributed by atoms with E-state index in [1.54, 1.807) is 12.1 Å². The average molecular weight is 278 g/mol. The summed E-state index contributed by atoms with van der Waals surface area (Å²) in [5.74, 6) is -0.998. The Hall–Kier alpha value is -1.88. The molecule has 1 saturated carbocycles. The van der Waals surface area contributed by atoms with E-state index in [0.717, 1.165) is 0 Å². The molecule has 1 aliphatic heterocycles. The van der Waals surface area contributed by atoms with E-state index in [2.05, 4.69) is 0 Å². The van der Waals surface area contributed by atoms with E-state index in [9.17, 15) is 14.3 Å². The second kappa shape index (κ2) is 5.25. The van der Waals surface area contributed by atoms with Crippen LogP contribution in [0.25, 0.3) is 0 Å². The lowest BCUT2D eigenvalue weighted by Gasteiger charge is -2.35. The fourth-order valence-corrected chi connectivity index (χ4v) is 2.67. The highest BCUT2D eigenvalue weighted by atomic mass is 19.1. The molecule has 5 heteroatoms. The zero-order valence-electron chi connectivity index (χ0n) is 10.8. The smallest absolute Gasteiger partial charge is 0.208 e. The van der Waals surface area contributed by atoms with Crippen LogP contribution in [0.3, 0.4) is 0 Å². The number of halogens is 1. The number of fused-ring (bicyclic) bond motifs is 1. The molecule has 0 aromatic heterocycles. The number of carbonyl (C=O) groups excluding carboxylic acids is 1. The summed E-state index contributed by atoms with van der Waals surface area (Å²) >= 11 is 0. The van der Waals surface area contributed by atoms with Crippen LogP contribution in [-0.4, -0.2) is 23.1 Å². The molecule has 1 aromatic carbocycles. The zero-order valence-corrected chi connectivity index (χ0v) is 10.8. The van der Waals surface area contributed by atoms with Crippen LogP contribution >= 0.6 is 0 Å². The second-order valence-electron chi connectivity index (χ2n) is 5.13. The first kappa shape index (κ1) is 13.1. The van der Waals surface area contributed by atoms with Crippen molar-refractivity contribution in [2.45, 2.75) is 31.5 Å². The lowest BCUT2D eigenvalue weighted by Crippen LogP contribution is -2.41. The number of ketones is 1. The highest BCUT2D eigenvalue weighted by molar-refractivity contribution is 5.96. The van der Waals surface area contributed by atoms with Gasteiger partial charge < -0.3 is 14.6 Å². The molecule has 1 N–H and O–H groups in total. The van der Waals surface area contributed by atoms with Crippen LogP contribution in [0.4, 0.5) is 4.39 Å². The van der Waals surface area contributed by atoms with Gasteiger partial charge in [-0.3, -0.25) is 4.79 Å². The van der Waals surface area contributed by atoms with Crippen molar-refractivity contribution in [3.63, 3.8) is 0 Å². The number of rotatable bonds is 2. The fourth-order valence-electron chi connectivity index (χ4n) is 2.67. The lowest BCUT2D eigenvalue weighted by molar-refractivity contribution is -0.132. The first-order chi connectivity index (χ1) is 9.65. The standard InChI is InChI=1S/C15H15FO4/c16-11-3-1-2-4-12(11)20-14-8-19-13-7-9(17)5-6-10(13)15(14)18/h1-4,8-10,13,17H,5-7H2. The Kier molecular flexibility index (Phi) is 3.44. The van der Waals surface area contributed by atoms with Crippen LogP contribution in [0.1, 0.15) is 19.3 Å². The minimum Gasteiger partial charge on any atom is -0.493 e. The molecular formula is C15H15FO4. The summed E-state index contributed by atoms with van der Waals surface area (Å²) in [5, 5.41) is 9.58. The summed E-state index contributed by atoms with van der Waals surface area (Å²) in [6.45, 7) is 0. The normalized spacial score (nSPS) is 29.2. The van der Waals surface area contributed by atoms with Crippen LogP contribution in [0.5, 0.6) is 5.75 Å². The van der Waals surface area contributed by atoms with E-state index in [1.807, 2.05) is 0 Å². The Balaban J connectivity index is 1.78. The molecule has 0 amide bonds. The average Bonchev–Trinajstić information content (AvgIpc) is 2.44. The van der Waals surface area contributed by atoms with E-state index < -0.39 is 11.9 Å². The quantitative estimate of drug-likeness (QED) is 0.901. The monoisotopic (exact) mass is 278 g/mol. The zero-order chi connectivity index (χ0) is 14.1. The SMILES string of the molecule is O=C1C(Oc2ccccc2F)=COC2CC(O)CCC12. The summed E-state index contributed by atoms with van der Waals surface area (Å²) in [4.78, 5) is 12.3. The Morgan fingerprint density at radius 1 is 1.30 bits per heavy atom. The van der Waals surface area contributed by atoms with Crippen molar-refractivity contribution in [2.75, 3.05) is 0 Å². The first-order valence-corrected chi connectivity index (χ1v) is 6.65. The number of para-hydroxylation sites is 1. The van der Waals surface area contributed by atoms with Gasteiger partial charge in [-0.15, -0.1) is 0 Å². The van der Waals surface area contributed by atoms with Gasteiger partial charge in [-0.2, -0.15) is 0 Å². The minimum atomic E-state index is -0.526.